The van der Waals surface area contributed by atoms with Crippen molar-refractivity contribution in [3.8, 4) is 0 Å². The zero-order chi connectivity index (χ0) is 21.9. The van der Waals surface area contributed by atoms with Crippen LogP contribution in [0.25, 0.3) is 16.2 Å². The molecule has 0 fully saturated rings. The summed E-state index contributed by atoms with van der Waals surface area (Å²) in [6.07, 6.45) is 2.91. The Kier molecular flexibility index (Phi) is 6.63. The van der Waals surface area contributed by atoms with Gasteiger partial charge in [0, 0.05) is 28.3 Å². The number of para-hydroxylation sites is 1. The number of carbonyl (C=O) groups is 2. The Bertz CT molecular complexity index is 1190. The third-order valence-electron chi connectivity index (χ3n) is 4.29. The molecule has 3 amide bonds. The lowest BCUT2D eigenvalue weighted by atomic mass is 10.1. The summed E-state index contributed by atoms with van der Waals surface area (Å²) >= 11 is 7.44. The van der Waals surface area contributed by atoms with E-state index in [1.165, 1.54) is 17.5 Å². The van der Waals surface area contributed by atoms with Gasteiger partial charge < -0.3 is 21.3 Å². The maximum absolute atomic E-state index is 12.9. The van der Waals surface area contributed by atoms with Gasteiger partial charge in [0.15, 0.2) is 0 Å². The Labute approximate surface area is 182 Å². The molecule has 3 aromatic rings. The minimum Gasteiger partial charge on any atom is -0.351 e. The summed E-state index contributed by atoms with van der Waals surface area (Å²) in [5, 5.41) is 7.90. The van der Waals surface area contributed by atoms with E-state index in [9.17, 15) is 19.0 Å². The van der Waals surface area contributed by atoms with Gasteiger partial charge in [0.1, 0.15) is 5.66 Å². The second-order valence-corrected chi connectivity index (χ2v) is 10.3. The first-order chi connectivity index (χ1) is 14.2. The Hall–Kier alpha value is -2.64. The highest BCUT2D eigenvalue weighted by molar-refractivity contribution is 7.58. The van der Waals surface area contributed by atoms with Crippen molar-refractivity contribution in [1.29, 1.82) is 0 Å². The van der Waals surface area contributed by atoms with Crippen LogP contribution in [0.2, 0.25) is 5.02 Å². The predicted molar refractivity (Wildman–Crippen MR) is 122 cm³/mol. The monoisotopic (exact) mass is 463 g/mol. The van der Waals surface area contributed by atoms with Crippen LogP contribution in [0.5, 0.6) is 0 Å². The smallest absolute Gasteiger partial charge is 0.316 e. The Morgan fingerprint density at radius 3 is 2.70 bits per heavy atom. The van der Waals surface area contributed by atoms with Crippen LogP contribution in [0.15, 0.2) is 54.0 Å². The fourth-order valence-electron chi connectivity index (χ4n) is 3.03. The first-order valence-corrected chi connectivity index (χ1v) is 12.2. The van der Waals surface area contributed by atoms with Crippen LogP contribution in [-0.4, -0.2) is 23.5 Å². The molecule has 10 heteroatoms. The summed E-state index contributed by atoms with van der Waals surface area (Å²) < 4.78 is 13.4. The van der Waals surface area contributed by atoms with Crippen LogP contribution in [0.3, 0.4) is 0 Å². The summed E-state index contributed by atoms with van der Waals surface area (Å²) in [5.74, 6) is -0.625. The highest BCUT2D eigenvalue weighted by atomic mass is 35.5. The van der Waals surface area contributed by atoms with Gasteiger partial charge in [-0.3, -0.25) is 9.36 Å². The van der Waals surface area contributed by atoms with Crippen molar-refractivity contribution in [1.82, 2.24) is 5.32 Å². The van der Waals surface area contributed by atoms with Crippen LogP contribution in [-0.2, 0) is 9.36 Å². The Morgan fingerprint density at radius 2 is 2.00 bits per heavy atom. The van der Waals surface area contributed by atoms with Gasteiger partial charge in [-0.2, -0.15) is 0 Å². The average Bonchev–Trinajstić information content (AvgIpc) is 3.04. The number of rotatable bonds is 6. The van der Waals surface area contributed by atoms with E-state index in [1.807, 2.05) is 0 Å². The zero-order valence-electron chi connectivity index (χ0n) is 15.8. The molecular formula is C20H19ClN3O4PS. The molecule has 5 N–H and O–H groups in total. The molecule has 2 aromatic carbocycles. The van der Waals surface area contributed by atoms with Crippen LogP contribution >= 0.6 is 30.3 Å². The van der Waals surface area contributed by atoms with Crippen molar-refractivity contribution in [3.63, 3.8) is 0 Å². The SMILES string of the molecule is CP(=O)(O)C(C(=O)N/C=C/c1ccccc1NC(N)=O)c1csc2ccc(Cl)cc12. The van der Waals surface area contributed by atoms with E-state index in [1.54, 1.807) is 53.9 Å². The molecule has 3 rings (SSSR count). The van der Waals surface area contributed by atoms with E-state index < -0.39 is 25.0 Å². The number of anilines is 1. The van der Waals surface area contributed by atoms with Crippen molar-refractivity contribution >= 4 is 64.1 Å². The number of hydrogen-bond donors (Lipinski definition) is 4. The van der Waals surface area contributed by atoms with Crippen LogP contribution in [0.1, 0.15) is 16.8 Å². The normalized spacial score (nSPS) is 14.4. The molecule has 1 heterocycles. The Morgan fingerprint density at radius 1 is 1.27 bits per heavy atom. The van der Waals surface area contributed by atoms with Crippen LogP contribution < -0.4 is 16.4 Å². The second kappa shape index (κ2) is 9.02. The zero-order valence-corrected chi connectivity index (χ0v) is 18.3. The van der Waals surface area contributed by atoms with Crippen molar-refractivity contribution in [3.05, 3.63) is 70.2 Å². The van der Waals surface area contributed by atoms with Gasteiger partial charge in [-0.05, 0) is 52.2 Å². The number of carbonyl (C=O) groups excluding carboxylic acids is 2. The van der Waals surface area contributed by atoms with E-state index in [4.69, 9.17) is 17.3 Å². The number of fused-ring (bicyclic) bond motifs is 1. The lowest BCUT2D eigenvalue weighted by molar-refractivity contribution is -0.120. The maximum Gasteiger partial charge on any atom is 0.316 e. The number of primary amides is 1. The number of amides is 3. The molecule has 7 nitrogen and oxygen atoms in total. The highest BCUT2D eigenvalue weighted by Crippen LogP contribution is 2.54. The fourth-order valence-corrected chi connectivity index (χ4v) is 5.51. The number of hydrogen-bond acceptors (Lipinski definition) is 4. The standard InChI is InChI=1S/C20H19ClN3O4PS/c1-29(27,28)18(15-11-30-17-7-6-13(21)10-14(15)17)19(25)23-9-8-12-4-2-3-5-16(12)24-20(22)26/h2-11,18H,1H3,(H,23,25)(H,27,28)(H3,22,24,26)/b9-8+. The van der Waals surface area contributed by atoms with Crippen molar-refractivity contribution in [2.24, 2.45) is 5.73 Å². The van der Waals surface area contributed by atoms with Gasteiger partial charge in [-0.15, -0.1) is 11.3 Å². The van der Waals surface area contributed by atoms with E-state index in [-0.39, 0.29) is 0 Å². The number of urea groups is 1. The summed E-state index contributed by atoms with van der Waals surface area (Å²) in [4.78, 5) is 34.3. The van der Waals surface area contributed by atoms with Crippen LogP contribution in [0, 0.1) is 0 Å². The number of benzene rings is 2. The minimum atomic E-state index is -3.84. The molecule has 0 saturated carbocycles. The van der Waals surface area contributed by atoms with E-state index in [0.29, 0.717) is 27.2 Å². The predicted octanol–water partition coefficient (Wildman–Crippen LogP) is 4.77. The molecule has 0 aliphatic heterocycles. The lowest BCUT2D eigenvalue weighted by Gasteiger charge is -2.18. The lowest BCUT2D eigenvalue weighted by Crippen LogP contribution is -2.25. The van der Waals surface area contributed by atoms with E-state index in [2.05, 4.69) is 10.6 Å². The van der Waals surface area contributed by atoms with E-state index in [0.717, 1.165) is 11.4 Å². The maximum atomic E-state index is 12.9. The molecule has 0 bridgehead atoms. The van der Waals surface area contributed by atoms with Crippen molar-refractivity contribution in [2.45, 2.75) is 5.66 Å². The van der Waals surface area contributed by atoms with Crippen LogP contribution in [0.4, 0.5) is 10.5 Å². The molecule has 1 aromatic heterocycles. The summed E-state index contributed by atoms with van der Waals surface area (Å²) in [6.45, 7) is 1.15. The average molecular weight is 464 g/mol. The molecule has 0 radical (unpaired) electrons. The molecule has 2 unspecified atom stereocenters. The summed E-state index contributed by atoms with van der Waals surface area (Å²) in [6, 6.07) is 11.4. The van der Waals surface area contributed by atoms with Gasteiger partial charge in [-0.25, -0.2) is 4.79 Å². The number of thiophene rings is 1. The first kappa shape index (κ1) is 22.1. The van der Waals surface area contributed by atoms with Gasteiger partial charge in [0.2, 0.25) is 13.3 Å². The molecule has 0 aliphatic carbocycles. The van der Waals surface area contributed by atoms with Crippen molar-refractivity contribution < 1.29 is 19.0 Å². The fraction of sp³-hybridized carbons (Fsp3) is 0.100. The molecule has 30 heavy (non-hydrogen) atoms. The largest absolute Gasteiger partial charge is 0.351 e. The number of nitrogens with one attached hydrogen (secondary N) is 2. The highest BCUT2D eigenvalue weighted by Gasteiger charge is 2.36. The molecule has 0 saturated heterocycles. The van der Waals surface area contributed by atoms with Crippen molar-refractivity contribution in [2.75, 3.05) is 12.0 Å². The summed E-state index contributed by atoms with van der Waals surface area (Å²) in [5.41, 5.74) is 5.42. The number of halogens is 1. The first-order valence-electron chi connectivity index (χ1n) is 8.76. The van der Waals surface area contributed by atoms with Gasteiger partial charge in [0.25, 0.3) is 0 Å². The van der Waals surface area contributed by atoms with E-state index >= 15 is 0 Å². The quantitative estimate of drug-likeness (QED) is 0.393. The molecule has 0 spiro atoms. The molecule has 0 aliphatic rings. The van der Waals surface area contributed by atoms with Gasteiger partial charge in [0.05, 0.1) is 0 Å². The Balaban J connectivity index is 1.88. The number of nitrogens with two attached hydrogens (primary N) is 1. The second-order valence-electron chi connectivity index (χ2n) is 6.60. The van der Waals surface area contributed by atoms with Gasteiger partial charge in [-0.1, -0.05) is 29.8 Å². The minimum absolute atomic E-state index is 0.451. The topological polar surface area (TPSA) is 122 Å². The molecule has 156 valence electrons. The summed E-state index contributed by atoms with van der Waals surface area (Å²) in [7, 11) is -3.84. The third kappa shape index (κ3) is 5.09. The molecular weight excluding hydrogens is 445 g/mol. The van der Waals surface area contributed by atoms with Gasteiger partial charge >= 0.3 is 6.03 Å². The molecule has 2 atom stereocenters. The third-order valence-corrected chi connectivity index (χ3v) is 6.98.